The molecule has 12 heteroatoms. The molecule has 1 aromatic heterocycles. The van der Waals surface area contributed by atoms with E-state index in [-0.39, 0.29) is 22.8 Å². The molecule has 0 radical (unpaired) electrons. The maximum atomic E-state index is 11.2. The Bertz CT molecular complexity index is 858. The lowest BCUT2D eigenvalue weighted by Crippen LogP contribution is -2.28. The van der Waals surface area contributed by atoms with Gasteiger partial charge in [-0.05, 0) is 24.3 Å². The van der Waals surface area contributed by atoms with Gasteiger partial charge in [-0.1, -0.05) is 0 Å². The molecule has 0 bridgehead atoms. The number of nitrogens with one attached hydrogen (secondary N) is 1. The van der Waals surface area contributed by atoms with Crippen molar-refractivity contribution >= 4 is 17.9 Å². The van der Waals surface area contributed by atoms with E-state index in [1.54, 1.807) is 6.07 Å². The van der Waals surface area contributed by atoms with E-state index in [1.807, 2.05) is 0 Å². The van der Waals surface area contributed by atoms with Crippen LogP contribution in [0.2, 0.25) is 0 Å². The summed E-state index contributed by atoms with van der Waals surface area (Å²) in [7, 11) is 1.40. The minimum absolute atomic E-state index is 0.183. The molecule has 0 aliphatic carbocycles. The number of methoxy groups -OCH3 is 1. The Kier molecular flexibility index (Phi) is 5.25. The summed E-state index contributed by atoms with van der Waals surface area (Å²) in [5.41, 5.74) is 7.38. The van der Waals surface area contributed by atoms with Crippen molar-refractivity contribution in [3.05, 3.63) is 56.3 Å². The number of hydrogen-bond donors (Lipinski definition) is 2. The average Bonchev–Trinajstić information content (AvgIpc) is 3.02. The largest absolute Gasteiger partial charge is 0.497 e. The van der Waals surface area contributed by atoms with E-state index in [9.17, 15) is 20.2 Å². The molecule has 0 fully saturated rings. The first kappa shape index (κ1) is 17.4. The number of hydrogen-bond acceptors (Lipinski definition) is 7. The van der Waals surface area contributed by atoms with Crippen molar-refractivity contribution in [1.29, 1.82) is 0 Å². The summed E-state index contributed by atoms with van der Waals surface area (Å²) in [6.45, 7) is 0. The second kappa shape index (κ2) is 7.54. The third kappa shape index (κ3) is 4.51. The van der Waals surface area contributed by atoms with Crippen molar-refractivity contribution in [3.8, 4) is 17.1 Å². The second-order valence-electron chi connectivity index (χ2n) is 4.44. The second-order valence-corrected chi connectivity index (χ2v) is 4.44. The van der Waals surface area contributed by atoms with Gasteiger partial charge in [-0.25, -0.2) is 15.5 Å². The van der Waals surface area contributed by atoms with Crippen LogP contribution in [0, 0.1) is 20.2 Å². The first-order valence-corrected chi connectivity index (χ1v) is 6.61. The zero-order valence-corrected chi connectivity index (χ0v) is 12.8. The van der Waals surface area contributed by atoms with Crippen molar-refractivity contribution in [1.82, 2.24) is 5.43 Å². The average molecular weight is 348 g/mol. The molecule has 25 heavy (non-hydrogen) atoms. The number of guanidine groups is 1. The van der Waals surface area contributed by atoms with E-state index in [0.29, 0.717) is 5.75 Å². The van der Waals surface area contributed by atoms with Crippen molar-refractivity contribution in [2.24, 2.45) is 15.9 Å². The Morgan fingerprint density at radius 1 is 1.32 bits per heavy atom. The van der Waals surface area contributed by atoms with E-state index >= 15 is 0 Å². The summed E-state index contributed by atoms with van der Waals surface area (Å²) in [5, 5.41) is 26.7. The molecule has 0 spiro atoms. The summed E-state index contributed by atoms with van der Waals surface area (Å²) >= 11 is 0. The number of benzene rings is 1. The molecule has 3 N–H and O–H groups in total. The standard InChI is InChI=1S/C13H12N6O6/c1-24-8-2-4-10(11(6-8)18(20)21)12-5-3-9(25-12)7-15-16-13(14)17-19(22)23/h2-7H,1H3,(H3,14,16,17)/b15-7-. The van der Waals surface area contributed by atoms with Gasteiger partial charge < -0.3 is 14.9 Å². The van der Waals surface area contributed by atoms with E-state index in [4.69, 9.17) is 14.9 Å². The molecule has 0 unspecified atom stereocenters. The Morgan fingerprint density at radius 2 is 2.08 bits per heavy atom. The highest BCUT2D eigenvalue weighted by Gasteiger charge is 2.19. The molecule has 0 aliphatic heterocycles. The molecular weight excluding hydrogens is 336 g/mol. The molecule has 0 saturated heterocycles. The molecule has 1 aromatic carbocycles. The van der Waals surface area contributed by atoms with Crippen LogP contribution in [0.25, 0.3) is 11.3 Å². The monoisotopic (exact) mass is 348 g/mol. The SMILES string of the molecule is COc1ccc(-c2ccc(/C=N\N/C(N)=N/[N+](=O)[O-])o2)c([N+](=O)[O-])c1. The Balaban J connectivity index is 2.21. The fraction of sp³-hybridized carbons (Fsp3) is 0.0769. The first-order valence-electron chi connectivity index (χ1n) is 6.61. The highest BCUT2D eigenvalue weighted by atomic mass is 16.7. The smallest absolute Gasteiger partial charge is 0.286 e. The van der Waals surface area contributed by atoms with Crippen LogP contribution >= 0.6 is 0 Å². The van der Waals surface area contributed by atoms with Gasteiger partial charge in [0.15, 0.2) is 5.03 Å². The van der Waals surface area contributed by atoms with Crippen LogP contribution in [0.3, 0.4) is 0 Å². The predicted molar refractivity (Wildman–Crippen MR) is 86.7 cm³/mol. The number of nitrogens with two attached hydrogens (primary N) is 1. The molecule has 1 heterocycles. The van der Waals surface area contributed by atoms with Crippen LogP contribution in [-0.4, -0.2) is 29.2 Å². The van der Waals surface area contributed by atoms with Gasteiger partial charge in [0.1, 0.15) is 22.4 Å². The van der Waals surface area contributed by atoms with Crippen LogP contribution in [0.4, 0.5) is 5.69 Å². The number of furan rings is 1. The molecule has 2 aromatic rings. The molecule has 0 aliphatic rings. The first-order chi connectivity index (χ1) is 11.9. The Hall–Kier alpha value is -3.96. The summed E-state index contributed by atoms with van der Waals surface area (Å²) < 4.78 is 10.4. The van der Waals surface area contributed by atoms with Gasteiger partial charge >= 0.3 is 0 Å². The summed E-state index contributed by atoms with van der Waals surface area (Å²) in [6.07, 6.45) is 1.18. The Morgan fingerprint density at radius 3 is 2.72 bits per heavy atom. The number of nitro groups is 2. The quantitative estimate of drug-likeness (QED) is 0.340. The van der Waals surface area contributed by atoms with E-state index in [2.05, 4.69) is 15.6 Å². The van der Waals surface area contributed by atoms with Crippen LogP contribution in [0.5, 0.6) is 5.75 Å². The lowest BCUT2D eigenvalue weighted by Gasteiger charge is -2.03. The number of rotatable bonds is 6. The van der Waals surface area contributed by atoms with Gasteiger partial charge in [0.05, 0.1) is 29.9 Å². The van der Waals surface area contributed by atoms with Gasteiger partial charge in [0.2, 0.25) is 0 Å². The van der Waals surface area contributed by atoms with E-state index < -0.39 is 15.9 Å². The predicted octanol–water partition coefficient (Wildman–Crippen LogP) is 1.29. The third-order valence-corrected chi connectivity index (χ3v) is 2.85. The Labute approximate surface area is 139 Å². The van der Waals surface area contributed by atoms with E-state index in [1.165, 1.54) is 37.6 Å². The minimum Gasteiger partial charge on any atom is -0.497 e. The van der Waals surface area contributed by atoms with Crippen LogP contribution < -0.4 is 15.9 Å². The highest BCUT2D eigenvalue weighted by molar-refractivity contribution is 5.82. The number of nitrogens with zero attached hydrogens (tertiary/aromatic N) is 4. The van der Waals surface area contributed by atoms with Gasteiger partial charge in [-0.2, -0.15) is 5.10 Å². The summed E-state index contributed by atoms with van der Waals surface area (Å²) in [4.78, 5) is 20.7. The van der Waals surface area contributed by atoms with Gasteiger partial charge in [-0.15, -0.1) is 0 Å². The lowest BCUT2D eigenvalue weighted by atomic mass is 10.1. The fourth-order valence-electron chi connectivity index (χ4n) is 1.84. The molecule has 0 saturated carbocycles. The summed E-state index contributed by atoms with van der Waals surface area (Å²) in [5.74, 6) is 0.302. The van der Waals surface area contributed by atoms with Crippen molar-refractivity contribution in [2.75, 3.05) is 7.11 Å². The van der Waals surface area contributed by atoms with Gasteiger partial charge in [0, 0.05) is 0 Å². The maximum absolute atomic E-state index is 11.2. The zero-order chi connectivity index (χ0) is 18.4. The fourth-order valence-corrected chi connectivity index (χ4v) is 1.84. The molecule has 130 valence electrons. The van der Waals surface area contributed by atoms with Crippen molar-refractivity contribution in [3.63, 3.8) is 0 Å². The third-order valence-electron chi connectivity index (χ3n) is 2.85. The highest BCUT2D eigenvalue weighted by Crippen LogP contribution is 2.33. The van der Waals surface area contributed by atoms with Crippen LogP contribution in [-0.2, 0) is 0 Å². The molecule has 2 rings (SSSR count). The van der Waals surface area contributed by atoms with E-state index in [0.717, 1.165) is 0 Å². The lowest BCUT2D eigenvalue weighted by molar-refractivity contribution is -0.485. The van der Waals surface area contributed by atoms with Crippen LogP contribution in [0.15, 0.2) is 45.0 Å². The molecule has 0 amide bonds. The number of nitro benzene ring substituents is 1. The molecule has 0 atom stereocenters. The van der Waals surface area contributed by atoms with Crippen LogP contribution in [0.1, 0.15) is 5.76 Å². The van der Waals surface area contributed by atoms with Crippen molar-refractivity contribution in [2.45, 2.75) is 0 Å². The zero-order valence-electron chi connectivity index (χ0n) is 12.8. The van der Waals surface area contributed by atoms with Gasteiger partial charge in [-0.3, -0.25) is 10.1 Å². The number of ether oxygens (including phenoxy) is 1. The van der Waals surface area contributed by atoms with Crippen molar-refractivity contribution < 1.29 is 19.1 Å². The molecule has 12 nitrogen and oxygen atoms in total. The summed E-state index contributed by atoms with van der Waals surface area (Å²) in [6, 6.07) is 7.37. The number of hydrazone groups is 2. The maximum Gasteiger partial charge on any atom is 0.286 e. The molecular formula is C13H12N6O6. The minimum atomic E-state index is -0.980. The normalized spacial score (nSPS) is 11.5. The van der Waals surface area contributed by atoms with Gasteiger partial charge in [0.25, 0.3) is 11.6 Å². The topological polar surface area (TPSA) is 171 Å².